The number of nitrogens with zero attached hydrogens (tertiary/aromatic N) is 3. The molecule has 0 N–H and O–H groups in total. The second-order valence-corrected chi connectivity index (χ2v) is 4.34. The zero-order chi connectivity index (χ0) is 10.3. The molecule has 14 heavy (non-hydrogen) atoms. The van der Waals surface area contributed by atoms with Crippen LogP contribution in [0.2, 0.25) is 0 Å². The summed E-state index contributed by atoms with van der Waals surface area (Å²) in [5, 5.41) is 4.21. The molecular formula is C10H12FN3. The zero-order valence-corrected chi connectivity index (χ0v) is 8.45. The molecule has 0 aliphatic carbocycles. The molecule has 0 radical (unpaired) electrons. The fourth-order valence-electron chi connectivity index (χ4n) is 1.18. The smallest absolute Gasteiger partial charge is 0.157 e. The van der Waals surface area contributed by atoms with E-state index in [1.54, 1.807) is 6.07 Å². The van der Waals surface area contributed by atoms with Crippen LogP contribution in [0.3, 0.4) is 0 Å². The van der Waals surface area contributed by atoms with Crippen LogP contribution in [-0.4, -0.2) is 14.6 Å². The molecule has 2 aromatic heterocycles. The summed E-state index contributed by atoms with van der Waals surface area (Å²) in [6.07, 6.45) is 1.33. The van der Waals surface area contributed by atoms with E-state index in [1.807, 2.05) is 20.8 Å². The first-order chi connectivity index (χ1) is 6.47. The van der Waals surface area contributed by atoms with Gasteiger partial charge in [0.25, 0.3) is 0 Å². The Morgan fingerprint density at radius 3 is 2.64 bits per heavy atom. The highest BCUT2D eigenvalue weighted by Gasteiger charge is 2.19. The Labute approximate surface area is 81.6 Å². The number of rotatable bonds is 0. The van der Waals surface area contributed by atoms with E-state index in [0.29, 0.717) is 5.65 Å². The number of hydrogen-bond acceptors (Lipinski definition) is 2. The van der Waals surface area contributed by atoms with Gasteiger partial charge in [-0.1, -0.05) is 20.8 Å². The third-order valence-electron chi connectivity index (χ3n) is 1.97. The summed E-state index contributed by atoms with van der Waals surface area (Å²) < 4.78 is 14.3. The fraction of sp³-hybridized carbons (Fsp3) is 0.400. The van der Waals surface area contributed by atoms with Gasteiger partial charge < -0.3 is 0 Å². The maximum absolute atomic E-state index is 12.9. The van der Waals surface area contributed by atoms with Gasteiger partial charge in [0.15, 0.2) is 11.5 Å². The molecule has 2 heterocycles. The monoisotopic (exact) mass is 193 g/mol. The third-order valence-corrected chi connectivity index (χ3v) is 1.97. The van der Waals surface area contributed by atoms with Crippen molar-refractivity contribution in [1.29, 1.82) is 0 Å². The number of fused-ring (bicyclic) bond motifs is 1. The summed E-state index contributed by atoms with van der Waals surface area (Å²) in [5.74, 6) is 0.422. The lowest BCUT2D eigenvalue weighted by Crippen LogP contribution is -2.13. The van der Waals surface area contributed by atoms with E-state index < -0.39 is 0 Å². The molecule has 0 fully saturated rings. The van der Waals surface area contributed by atoms with Crippen LogP contribution in [0.4, 0.5) is 4.39 Å². The maximum Gasteiger partial charge on any atom is 0.157 e. The summed E-state index contributed by atoms with van der Waals surface area (Å²) in [5.41, 5.74) is 0.569. The van der Waals surface area contributed by atoms with Crippen LogP contribution < -0.4 is 0 Å². The Hall–Kier alpha value is -1.45. The topological polar surface area (TPSA) is 30.2 Å². The first kappa shape index (κ1) is 9.12. The van der Waals surface area contributed by atoms with Crippen LogP contribution in [0.1, 0.15) is 26.6 Å². The molecule has 74 valence electrons. The van der Waals surface area contributed by atoms with Crippen molar-refractivity contribution in [3.05, 3.63) is 30.0 Å². The second-order valence-electron chi connectivity index (χ2n) is 4.34. The van der Waals surface area contributed by atoms with Gasteiger partial charge >= 0.3 is 0 Å². The Morgan fingerprint density at radius 1 is 1.29 bits per heavy atom. The van der Waals surface area contributed by atoms with Crippen molar-refractivity contribution in [1.82, 2.24) is 14.6 Å². The van der Waals surface area contributed by atoms with E-state index in [-0.39, 0.29) is 11.2 Å². The van der Waals surface area contributed by atoms with Crippen LogP contribution >= 0.6 is 0 Å². The number of aromatic nitrogens is 3. The predicted octanol–water partition coefficient (Wildman–Crippen LogP) is 2.17. The van der Waals surface area contributed by atoms with Gasteiger partial charge in [-0.2, -0.15) is 5.10 Å². The van der Waals surface area contributed by atoms with E-state index >= 15 is 0 Å². The van der Waals surface area contributed by atoms with Crippen molar-refractivity contribution in [3.8, 4) is 0 Å². The highest BCUT2D eigenvalue weighted by molar-refractivity contribution is 5.37. The van der Waals surface area contributed by atoms with Crippen LogP contribution in [0.25, 0.3) is 5.65 Å². The molecule has 2 rings (SSSR count). The minimum Gasteiger partial charge on any atom is -0.218 e. The minimum atomic E-state index is -0.303. The highest BCUT2D eigenvalue weighted by atomic mass is 19.1. The maximum atomic E-state index is 12.9. The van der Waals surface area contributed by atoms with Gasteiger partial charge in [0.1, 0.15) is 5.82 Å². The third kappa shape index (κ3) is 1.47. The summed E-state index contributed by atoms with van der Waals surface area (Å²) >= 11 is 0. The molecule has 0 unspecified atom stereocenters. The summed E-state index contributed by atoms with van der Waals surface area (Å²) in [4.78, 5) is 4.31. The van der Waals surface area contributed by atoms with Crippen molar-refractivity contribution < 1.29 is 4.39 Å². The molecule has 2 aromatic rings. The van der Waals surface area contributed by atoms with Gasteiger partial charge in [0, 0.05) is 5.41 Å². The van der Waals surface area contributed by atoms with E-state index in [0.717, 1.165) is 5.82 Å². The van der Waals surface area contributed by atoms with Crippen molar-refractivity contribution >= 4 is 5.65 Å². The Morgan fingerprint density at radius 2 is 2.00 bits per heavy atom. The van der Waals surface area contributed by atoms with Crippen LogP contribution in [0.5, 0.6) is 0 Å². The predicted molar refractivity (Wildman–Crippen MR) is 51.6 cm³/mol. The Bertz CT molecular complexity index is 468. The number of pyridine rings is 1. The average Bonchev–Trinajstić information content (AvgIpc) is 2.45. The van der Waals surface area contributed by atoms with E-state index in [9.17, 15) is 4.39 Å². The van der Waals surface area contributed by atoms with Crippen LogP contribution in [-0.2, 0) is 5.41 Å². The lowest BCUT2D eigenvalue weighted by Gasteiger charge is -2.11. The van der Waals surface area contributed by atoms with Gasteiger partial charge in [0.05, 0.1) is 6.20 Å². The molecule has 0 amide bonds. The van der Waals surface area contributed by atoms with Crippen molar-refractivity contribution in [2.45, 2.75) is 26.2 Å². The van der Waals surface area contributed by atoms with Gasteiger partial charge in [0.2, 0.25) is 0 Å². The Balaban J connectivity index is 2.63. The van der Waals surface area contributed by atoms with Crippen molar-refractivity contribution in [2.75, 3.05) is 0 Å². The molecule has 0 bridgehead atoms. The molecule has 0 aliphatic heterocycles. The van der Waals surface area contributed by atoms with Crippen LogP contribution in [0, 0.1) is 5.82 Å². The molecule has 4 heteroatoms. The normalized spacial score (nSPS) is 12.3. The number of hydrogen-bond donors (Lipinski definition) is 0. The van der Waals surface area contributed by atoms with Crippen molar-refractivity contribution in [3.63, 3.8) is 0 Å². The number of halogens is 1. The van der Waals surface area contributed by atoms with Gasteiger partial charge in [-0.15, -0.1) is 0 Å². The SMILES string of the molecule is CC(C)(C)c1nc2ccc(F)cn2n1. The fourth-order valence-corrected chi connectivity index (χ4v) is 1.18. The largest absolute Gasteiger partial charge is 0.218 e. The first-order valence-corrected chi connectivity index (χ1v) is 4.49. The standard InChI is InChI=1S/C10H12FN3/c1-10(2,3)9-12-8-5-4-7(11)6-14(8)13-9/h4-6H,1-3H3. The van der Waals surface area contributed by atoms with Crippen LogP contribution in [0.15, 0.2) is 18.3 Å². The van der Waals surface area contributed by atoms with Gasteiger partial charge in [-0.05, 0) is 12.1 Å². The summed E-state index contributed by atoms with van der Waals surface area (Å²) in [7, 11) is 0. The second kappa shape index (κ2) is 2.77. The minimum absolute atomic E-state index is 0.109. The molecule has 0 aliphatic rings. The lowest BCUT2D eigenvalue weighted by atomic mass is 9.96. The molecule has 0 aromatic carbocycles. The summed E-state index contributed by atoms with van der Waals surface area (Å²) in [6.45, 7) is 6.08. The first-order valence-electron chi connectivity index (χ1n) is 4.49. The molecule has 0 saturated carbocycles. The van der Waals surface area contributed by atoms with E-state index in [1.165, 1.54) is 16.8 Å². The summed E-state index contributed by atoms with van der Waals surface area (Å²) in [6, 6.07) is 3.01. The molecule has 3 nitrogen and oxygen atoms in total. The van der Waals surface area contributed by atoms with E-state index in [2.05, 4.69) is 10.1 Å². The molecule has 0 spiro atoms. The molecular weight excluding hydrogens is 181 g/mol. The Kier molecular flexibility index (Phi) is 1.80. The quantitative estimate of drug-likeness (QED) is 0.641. The van der Waals surface area contributed by atoms with Gasteiger partial charge in [-0.3, -0.25) is 0 Å². The lowest BCUT2D eigenvalue weighted by molar-refractivity contribution is 0.543. The molecule has 0 atom stereocenters. The van der Waals surface area contributed by atoms with Gasteiger partial charge in [-0.25, -0.2) is 13.9 Å². The van der Waals surface area contributed by atoms with E-state index in [4.69, 9.17) is 0 Å². The average molecular weight is 193 g/mol. The molecule has 0 saturated heterocycles. The zero-order valence-electron chi connectivity index (χ0n) is 8.45. The van der Waals surface area contributed by atoms with Crippen molar-refractivity contribution in [2.24, 2.45) is 0 Å². The highest BCUT2D eigenvalue weighted by Crippen LogP contribution is 2.18.